The van der Waals surface area contributed by atoms with Gasteiger partial charge < -0.3 is 10.3 Å². The summed E-state index contributed by atoms with van der Waals surface area (Å²) in [6, 6.07) is 9.81. The number of hydrogen-bond donors (Lipinski definition) is 2. The van der Waals surface area contributed by atoms with Crippen LogP contribution in [-0.4, -0.2) is 28.2 Å². The molecule has 24 heavy (non-hydrogen) atoms. The first-order chi connectivity index (χ1) is 11.6. The summed E-state index contributed by atoms with van der Waals surface area (Å²) in [7, 11) is 1.61. The molecule has 1 aromatic carbocycles. The van der Waals surface area contributed by atoms with Gasteiger partial charge in [-0.25, -0.2) is 4.98 Å². The SMILES string of the molecule is CNC(=O)C(C)SCc1nc2scc(-c3ccccc3)c2c(=O)[nH]1. The van der Waals surface area contributed by atoms with Gasteiger partial charge in [-0.1, -0.05) is 30.3 Å². The van der Waals surface area contributed by atoms with Crippen molar-refractivity contribution in [3.05, 3.63) is 51.9 Å². The molecule has 1 amide bonds. The minimum absolute atomic E-state index is 0.0362. The summed E-state index contributed by atoms with van der Waals surface area (Å²) in [6.07, 6.45) is 0. The lowest BCUT2D eigenvalue weighted by atomic mass is 10.1. The summed E-state index contributed by atoms with van der Waals surface area (Å²) in [5.41, 5.74) is 1.77. The van der Waals surface area contributed by atoms with Crippen molar-refractivity contribution < 1.29 is 4.79 Å². The van der Waals surface area contributed by atoms with Crippen LogP contribution in [-0.2, 0) is 10.5 Å². The Labute approximate surface area is 147 Å². The summed E-state index contributed by atoms with van der Waals surface area (Å²) in [6.45, 7) is 1.83. The number of nitrogens with zero attached hydrogens (tertiary/aromatic N) is 1. The number of aromatic amines is 1. The largest absolute Gasteiger partial charge is 0.358 e. The highest BCUT2D eigenvalue weighted by atomic mass is 32.2. The van der Waals surface area contributed by atoms with Crippen LogP contribution >= 0.6 is 23.1 Å². The summed E-state index contributed by atoms with van der Waals surface area (Å²) in [5, 5.41) is 5.01. The van der Waals surface area contributed by atoms with Crippen molar-refractivity contribution in [2.75, 3.05) is 7.05 Å². The molecule has 0 aliphatic carbocycles. The molecule has 3 aromatic rings. The van der Waals surface area contributed by atoms with E-state index in [4.69, 9.17) is 0 Å². The van der Waals surface area contributed by atoms with Crippen LogP contribution in [0.2, 0.25) is 0 Å². The maximum Gasteiger partial charge on any atom is 0.260 e. The molecule has 0 spiro atoms. The first kappa shape index (κ1) is 16.7. The lowest BCUT2D eigenvalue weighted by Crippen LogP contribution is -2.27. The number of carbonyl (C=O) groups is 1. The standard InChI is InChI=1S/C17H17N3O2S2/c1-10(15(21)18-2)23-9-13-19-16(22)14-12(8-24-17(14)20-13)11-6-4-3-5-7-11/h3-8,10H,9H2,1-2H3,(H,18,21)(H,19,20,22). The lowest BCUT2D eigenvalue weighted by molar-refractivity contribution is -0.119. The molecule has 0 bridgehead atoms. The fourth-order valence-corrected chi connectivity index (χ4v) is 4.16. The van der Waals surface area contributed by atoms with Gasteiger partial charge in [0.05, 0.1) is 16.4 Å². The van der Waals surface area contributed by atoms with Gasteiger partial charge in [-0.3, -0.25) is 9.59 Å². The van der Waals surface area contributed by atoms with Gasteiger partial charge in [0.1, 0.15) is 10.7 Å². The summed E-state index contributed by atoms with van der Waals surface area (Å²) in [4.78, 5) is 32.2. The topological polar surface area (TPSA) is 74.8 Å². The molecule has 0 saturated carbocycles. The van der Waals surface area contributed by atoms with Gasteiger partial charge in [0.15, 0.2) is 0 Å². The number of thiophene rings is 1. The zero-order valence-corrected chi connectivity index (χ0v) is 15.0. The molecule has 3 rings (SSSR count). The van der Waals surface area contributed by atoms with Gasteiger partial charge in [0, 0.05) is 18.0 Å². The number of H-pyrrole nitrogens is 1. The number of thioether (sulfide) groups is 1. The molecule has 2 N–H and O–H groups in total. The predicted molar refractivity (Wildman–Crippen MR) is 101 cm³/mol. The van der Waals surface area contributed by atoms with Gasteiger partial charge >= 0.3 is 0 Å². The highest BCUT2D eigenvalue weighted by Gasteiger charge is 2.15. The second-order valence-corrected chi connectivity index (χ2v) is 7.46. The summed E-state index contributed by atoms with van der Waals surface area (Å²) in [5.74, 6) is 1.04. The van der Waals surface area contributed by atoms with Crippen molar-refractivity contribution in [3.8, 4) is 11.1 Å². The van der Waals surface area contributed by atoms with Gasteiger partial charge in [-0.2, -0.15) is 0 Å². The molecule has 1 atom stereocenters. The van der Waals surface area contributed by atoms with Crippen molar-refractivity contribution in [3.63, 3.8) is 0 Å². The minimum Gasteiger partial charge on any atom is -0.358 e. The molecule has 2 heterocycles. The van der Waals surface area contributed by atoms with Crippen LogP contribution in [0.3, 0.4) is 0 Å². The summed E-state index contributed by atoms with van der Waals surface area (Å²) >= 11 is 2.91. The second kappa shape index (κ2) is 7.19. The predicted octanol–water partition coefficient (Wildman–Crippen LogP) is 3.02. The van der Waals surface area contributed by atoms with E-state index in [1.807, 2.05) is 42.6 Å². The number of nitrogens with one attached hydrogen (secondary N) is 2. The molecule has 124 valence electrons. The Balaban J connectivity index is 1.90. The van der Waals surface area contributed by atoms with E-state index in [1.165, 1.54) is 23.1 Å². The minimum atomic E-state index is -0.195. The number of fused-ring (bicyclic) bond motifs is 1. The van der Waals surface area contributed by atoms with Crippen LogP contribution in [0.25, 0.3) is 21.3 Å². The van der Waals surface area contributed by atoms with E-state index in [0.29, 0.717) is 17.0 Å². The van der Waals surface area contributed by atoms with Crippen LogP contribution in [0.4, 0.5) is 0 Å². The van der Waals surface area contributed by atoms with E-state index < -0.39 is 0 Å². The number of aromatic nitrogens is 2. The van der Waals surface area contributed by atoms with Gasteiger partial charge in [0.25, 0.3) is 5.56 Å². The average molecular weight is 359 g/mol. The van der Waals surface area contributed by atoms with Gasteiger partial charge in [-0.15, -0.1) is 23.1 Å². The van der Waals surface area contributed by atoms with Crippen LogP contribution in [0.5, 0.6) is 0 Å². The van der Waals surface area contributed by atoms with Crippen LogP contribution in [0.15, 0.2) is 40.5 Å². The third kappa shape index (κ3) is 3.37. The molecule has 0 aliphatic heterocycles. The van der Waals surface area contributed by atoms with Crippen molar-refractivity contribution in [2.24, 2.45) is 0 Å². The fourth-order valence-electron chi connectivity index (χ4n) is 2.37. The molecule has 0 fully saturated rings. The van der Waals surface area contributed by atoms with E-state index in [-0.39, 0.29) is 16.7 Å². The Morgan fingerprint density at radius 3 is 2.83 bits per heavy atom. The zero-order chi connectivity index (χ0) is 17.1. The van der Waals surface area contributed by atoms with Gasteiger partial charge in [-0.05, 0) is 12.5 Å². The van der Waals surface area contributed by atoms with Crippen molar-refractivity contribution >= 4 is 39.2 Å². The third-order valence-electron chi connectivity index (χ3n) is 3.66. The Bertz CT molecular complexity index is 918. The maximum atomic E-state index is 12.5. The lowest BCUT2D eigenvalue weighted by Gasteiger charge is -2.08. The van der Waals surface area contributed by atoms with E-state index >= 15 is 0 Å². The third-order valence-corrected chi connectivity index (χ3v) is 5.69. The Hall–Kier alpha value is -2.12. The molecule has 5 nitrogen and oxygen atoms in total. The molecule has 2 aromatic heterocycles. The van der Waals surface area contributed by atoms with E-state index in [0.717, 1.165) is 16.0 Å². The molecule has 1 unspecified atom stereocenters. The van der Waals surface area contributed by atoms with Crippen LogP contribution < -0.4 is 10.9 Å². The molecule has 0 aliphatic rings. The van der Waals surface area contributed by atoms with Crippen LogP contribution in [0.1, 0.15) is 12.7 Å². The molecular weight excluding hydrogens is 342 g/mol. The van der Waals surface area contributed by atoms with Crippen molar-refractivity contribution in [2.45, 2.75) is 17.9 Å². The average Bonchev–Trinajstić information content (AvgIpc) is 3.04. The highest BCUT2D eigenvalue weighted by molar-refractivity contribution is 7.99. The molecule has 0 saturated heterocycles. The number of benzene rings is 1. The fraction of sp³-hybridized carbons (Fsp3) is 0.235. The quantitative estimate of drug-likeness (QED) is 0.734. The Morgan fingerprint density at radius 2 is 2.12 bits per heavy atom. The first-order valence-corrected chi connectivity index (χ1v) is 9.42. The number of hydrogen-bond acceptors (Lipinski definition) is 5. The first-order valence-electron chi connectivity index (χ1n) is 7.49. The Morgan fingerprint density at radius 1 is 1.38 bits per heavy atom. The molecular formula is C17H17N3O2S2. The second-order valence-electron chi connectivity index (χ2n) is 5.28. The normalized spacial score (nSPS) is 12.2. The van der Waals surface area contributed by atoms with Crippen LogP contribution in [0, 0.1) is 0 Å². The number of rotatable bonds is 5. The van der Waals surface area contributed by atoms with E-state index in [9.17, 15) is 9.59 Å². The maximum absolute atomic E-state index is 12.5. The van der Waals surface area contributed by atoms with Crippen molar-refractivity contribution in [1.82, 2.24) is 15.3 Å². The smallest absolute Gasteiger partial charge is 0.260 e. The number of carbonyl (C=O) groups excluding carboxylic acids is 1. The number of amides is 1. The zero-order valence-electron chi connectivity index (χ0n) is 13.3. The van der Waals surface area contributed by atoms with Crippen molar-refractivity contribution in [1.29, 1.82) is 0 Å². The molecule has 7 heteroatoms. The van der Waals surface area contributed by atoms with E-state index in [2.05, 4.69) is 15.3 Å². The monoisotopic (exact) mass is 359 g/mol. The van der Waals surface area contributed by atoms with E-state index in [1.54, 1.807) is 7.05 Å². The Kier molecular flexibility index (Phi) is 5.01. The molecule has 0 radical (unpaired) electrons. The highest BCUT2D eigenvalue weighted by Crippen LogP contribution is 2.30. The summed E-state index contributed by atoms with van der Waals surface area (Å²) < 4.78 is 0. The van der Waals surface area contributed by atoms with Gasteiger partial charge in [0.2, 0.25) is 5.91 Å².